The molecule has 1 unspecified atom stereocenters. The first-order valence-electron chi connectivity index (χ1n) is 6.39. The topological polar surface area (TPSA) is 66.5 Å². The van der Waals surface area contributed by atoms with E-state index in [0.29, 0.717) is 15.7 Å². The zero-order valence-electron chi connectivity index (χ0n) is 11.3. The molecule has 2 amide bonds. The lowest BCUT2D eigenvalue weighted by atomic mass is 10.1. The van der Waals surface area contributed by atoms with Gasteiger partial charge < -0.3 is 5.32 Å². The van der Waals surface area contributed by atoms with Gasteiger partial charge in [-0.1, -0.05) is 13.0 Å². The lowest BCUT2D eigenvalue weighted by molar-refractivity contribution is -0.122. The molecule has 0 aromatic heterocycles. The molecule has 5 nitrogen and oxygen atoms in total. The fourth-order valence-corrected chi connectivity index (χ4v) is 2.61. The van der Waals surface area contributed by atoms with Gasteiger partial charge in [-0.25, -0.2) is 0 Å². The highest BCUT2D eigenvalue weighted by Crippen LogP contribution is 2.35. The number of halogens is 1. The maximum atomic E-state index is 12.0. The van der Waals surface area contributed by atoms with Crippen LogP contribution in [0.1, 0.15) is 30.6 Å². The van der Waals surface area contributed by atoms with Gasteiger partial charge in [0.25, 0.3) is 11.7 Å². The molecule has 1 heterocycles. The molecule has 0 saturated heterocycles. The summed E-state index contributed by atoms with van der Waals surface area (Å²) in [4.78, 5) is 37.0. The summed E-state index contributed by atoms with van der Waals surface area (Å²) in [6.45, 7) is 3.70. The molecule has 0 aliphatic carbocycles. The third kappa shape index (κ3) is 2.60. The van der Waals surface area contributed by atoms with Crippen molar-refractivity contribution < 1.29 is 14.4 Å². The Labute approximate surface area is 125 Å². The van der Waals surface area contributed by atoms with Crippen molar-refractivity contribution in [3.8, 4) is 0 Å². The van der Waals surface area contributed by atoms with Crippen molar-refractivity contribution in [2.24, 2.45) is 0 Å². The molecule has 0 saturated carbocycles. The van der Waals surface area contributed by atoms with Gasteiger partial charge in [-0.3, -0.25) is 19.3 Å². The molecule has 6 heteroatoms. The van der Waals surface area contributed by atoms with Gasteiger partial charge in [-0.2, -0.15) is 0 Å². The summed E-state index contributed by atoms with van der Waals surface area (Å²) >= 11 is 3.32. The van der Waals surface area contributed by atoms with Gasteiger partial charge in [-0.15, -0.1) is 0 Å². The van der Waals surface area contributed by atoms with Crippen LogP contribution in [0.5, 0.6) is 0 Å². The second-order valence-corrected chi connectivity index (χ2v) is 5.59. The quantitative estimate of drug-likeness (QED) is 0.852. The van der Waals surface area contributed by atoms with E-state index in [2.05, 4.69) is 21.2 Å². The predicted octanol–water partition coefficient (Wildman–Crippen LogP) is 1.89. The molecule has 1 aromatic carbocycles. The summed E-state index contributed by atoms with van der Waals surface area (Å²) in [6, 6.07) is 5.06. The summed E-state index contributed by atoms with van der Waals surface area (Å²) < 4.78 is 0.630. The first-order valence-corrected chi connectivity index (χ1v) is 7.19. The first-order chi connectivity index (χ1) is 9.45. The Bertz CT molecular complexity index is 586. The molecule has 1 N–H and O–H groups in total. The van der Waals surface area contributed by atoms with Crippen LogP contribution < -0.4 is 10.2 Å². The third-order valence-electron chi connectivity index (χ3n) is 3.26. The molecule has 0 spiro atoms. The van der Waals surface area contributed by atoms with Gasteiger partial charge in [0, 0.05) is 10.5 Å². The van der Waals surface area contributed by atoms with E-state index in [-0.39, 0.29) is 18.5 Å². The first kappa shape index (κ1) is 14.7. The van der Waals surface area contributed by atoms with Crippen molar-refractivity contribution in [1.82, 2.24) is 5.32 Å². The molecule has 20 heavy (non-hydrogen) atoms. The Kier molecular flexibility index (Phi) is 4.23. The number of hydrogen-bond acceptors (Lipinski definition) is 3. The number of amides is 2. The van der Waals surface area contributed by atoms with Crippen LogP contribution in [0.15, 0.2) is 22.7 Å². The van der Waals surface area contributed by atoms with Crippen LogP contribution in [0.4, 0.5) is 5.69 Å². The second kappa shape index (κ2) is 5.75. The SMILES string of the molecule is CCC(C)NC(=O)CN1C(=O)C(=O)c2cccc(Br)c21. The number of para-hydroxylation sites is 1. The van der Waals surface area contributed by atoms with Gasteiger partial charge >= 0.3 is 0 Å². The van der Waals surface area contributed by atoms with E-state index in [4.69, 9.17) is 0 Å². The van der Waals surface area contributed by atoms with E-state index < -0.39 is 11.7 Å². The van der Waals surface area contributed by atoms with E-state index in [1.54, 1.807) is 18.2 Å². The average molecular weight is 339 g/mol. The number of nitrogens with zero attached hydrogens (tertiary/aromatic N) is 1. The Morgan fingerprint density at radius 2 is 2.10 bits per heavy atom. The minimum absolute atomic E-state index is 0.0367. The Balaban J connectivity index is 2.24. The van der Waals surface area contributed by atoms with Gasteiger partial charge in [0.2, 0.25) is 5.91 Å². The Morgan fingerprint density at radius 3 is 2.75 bits per heavy atom. The van der Waals surface area contributed by atoms with Crippen LogP contribution in [0.2, 0.25) is 0 Å². The molecule has 0 radical (unpaired) electrons. The van der Waals surface area contributed by atoms with E-state index in [1.165, 1.54) is 4.90 Å². The molecule has 1 aromatic rings. The number of anilines is 1. The highest BCUT2D eigenvalue weighted by molar-refractivity contribution is 9.10. The van der Waals surface area contributed by atoms with Crippen molar-refractivity contribution in [2.75, 3.05) is 11.4 Å². The normalized spacial score (nSPS) is 15.2. The zero-order chi connectivity index (χ0) is 14.9. The molecule has 0 bridgehead atoms. The van der Waals surface area contributed by atoms with Crippen LogP contribution in [0, 0.1) is 0 Å². The summed E-state index contributed by atoms with van der Waals surface area (Å²) in [5, 5.41) is 2.78. The molecule has 1 atom stereocenters. The van der Waals surface area contributed by atoms with E-state index in [9.17, 15) is 14.4 Å². The molecule has 1 aliphatic rings. The standard InChI is InChI=1S/C14H15BrN2O3/c1-3-8(2)16-11(18)7-17-12-9(13(19)14(17)20)5-4-6-10(12)15/h4-6,8H,3,7H2,1-2H3,(H,16,18). The summed E-state index contributed by atoms with van der Waals surface area (Å²) in [5.74, 6) is -1.51. The van der Waals surface area contributed by atoms with Gasteiger partial charge in [-0.05, 0) is 41.4 Å². The molecule has 0 fully saturated rings. The number of carbonyl (C=O) groups is 3. The van der Waals surface area contributed by atoms with Crippen LogP contribution in [0.3, 0.4) is 0 Å². The number of benzene rings is 1. The van der Waals surface area contributed by atoms with Crippen LogP contribution >= 0.6 is 15.9 Å². The van der Waals surface area contributed by atoms with Crippen molar-refractivity contribution in [1.29, 1.82) is 0 Å². The lowest BCUT2D eigenvalue weighted by Crippen LogP contribution is -2.43. The number of carbonyl (C=O) groups excluding carboxylic acids is 3. The third-order valence-corrected chi connectivity index (χ3v) is 3.90. The summed E-state index contributed by atoms with van der Waals surface area (Å²) in [7, 11) is 0. The average Bonchev–Trinajstić information content (AvgIpc) is 2.65. The smallest absolute Gasteiger partial charge is 0.299 e. The highest BCUT2D eigenvalue weighted by Gasteiger charge is 2.38. The number of hydrogen-bond donors (Lipinski definition) is 1. The monoisotopic (exact) mass is 338 g/mol. The van der Waals surface area contributed by atoms with Crippen molar-refractivity contribution in [2.45, 2.75) is 26.3 Å². The summed E-state index contributed by atoms with van der Waals surface area (Å²) in [6.07, 6.45) is 0.804. The Hall–Kier alpha value is -1.69. The number of rotatable bonds is 4. The van der Waals surface area contributed by atoms with Gasteiger partial charge in [0.15, 0.2) is 0 Å². The number of nitrogens with one attached hydrogen (secondary N) is 1. The molecule has 2 rings (SSSR count). The predicted molar refractivity (Wildman–Crippen MR) is 78.7 cm³/mol. The van der Waals surface area contributed by atoms with E-state index in [1.807, 2.05) is 13.8 Å². The van der Waals surface area contributed by atoms with Crippen LogP contribution in [-0.4, -0.2) is 30.2 Å². The maximum Gasteiger partial charge on any atom is 0.299 e. The number of fused-ring (bicyclic) bond motifs is 1. The Morgan fingerprint density at radius 1 is 1.40 bits per heavy atom. The minimum atomic E-state index is -0.661. The summed E-state index contributed by atoms with van der Waals surface area (Å²) in [5.41, 5.74) is 0.808. The van der Waals surface area contributed by atoms with Gasteiger partial charge in [0.1, 0.15) is 6.54 Å². The van der Waals surface area contributed by atoms with Crippen LogP contribution in [-0.2, 0) is 9.59 Å². The fraction of sp³-hybridized carbons (Fsp3) is 0.357. The largest absolute Gasteiger partial charge is 0.352 e. The van der Waals surface area contributed by atoms with Crippen molar-refractivity contribution in [3.63, 3.8) is 0 Å². The van der Waals surface area contributed by atoms with Crippen molar-refractivity contribution >= 4 is 39.2 Å². The second-order valence-electron chi connectivity index (χ2n) is 4.73. The van der Waals surface area contributed by atoms with Gasteiger partial charge in [0.05, 0.1) is 11.3 Å². The molecule has 106 valence electrons. The highest BCUT2D eigenvalue weighted by atomic mass is 79.9. The zero-order valence-corrected chi connectivity index (χ0v) is 12.9. The lowest BCUT2D eigenvalue weighted by Gasteiger charge is -2.19. The number of Topliss-reactive ketones (excluding diaryl/α,β-unsaturated/α-hetero) is 1. The van der Waals surface area contributed by atoms with Crippen molar-refractivity contribution in [3.05, 3.63) is 28.2 Å². The molecule has 1 aliphatic heterocycles. The molecular weight excluding hydrogens is 324 g/mol. The number of ketones is 1. The fourth-order valence-electron chi connectivity index (χ4n) is 2.03. The van der Waals surface area contributed by atoms with E-state index >= 15 is 0 Å². The van der Waals surface area contributed by atoms with Crippen LogP contribution in [0.25, 0.3) is 0 Å². The maximum absolute atomic E-state index is 12.0. The molecular formula is C14H15BrN2O3. The minimum Gasteiger partial charge on any atom is -0.352 e. The van der Waals surface area contributed by atoms with E-state index in [0.717, 1.165) is 6.42 Å².